The SMILES string of the molecule is O=S(=O)(NCCc1ccc2c(n1)NCCC2)NCc1ccc(Cl)c(Cl)c1. The van der Waals surface area contributed by atoms with E-state index in [0.29, 0.717) is 16.5 Å². The molecule has 0 unspecified atom stereocenters. The number of halogens is 2. The summed E-state index contributed by atoms with van der Waals surface area (Å²) in [6, 6.07) is 9.00. The van der Waals surface area contributed by atoms with Crippen molar-refractivity contribution in [3.63, 3.8) is 0 Å². The molecule has 0 fully saturated rings. The molecule has 9 heteroatoms. The van der Waals surface area contributed by atoms with Gasteiger partial charge in [0.05, 0.1) is 10.0 Å². The highest BCUT2D eigenvalue weighted by Gasteiger charge is 2.12. The molecule has 140 valence electrons. The highest BCUT2D eigenvalue weighted by atomic mass is 35.5. The van der Waals surface area contributed by atoms with E-state index >= 15 is 0 Å². The summed E-state index contributed by atoms with van der Waals surface area (Å²) in [5, 5.41) is 4.10. The van der Waals surface area contributed by atoms with Crippen LogP contribution in [0.5, 0.6) is 0 Å². The second kappa shape index (κ2) is 8.54. The van der Waals surface area contributed by atoms with E-state index in [0.717, 1.165) is 36.5 Å². The maximum Gasteiger partial charge on any atom is 0.277 e. The van der Waals surface area contributed by atoms with E-state index < -0.39 is 10.2 Å². The van der Waals surface area contributed by atoms with Crippen molar-refractivity contribution in [2.45, 2.75) is 25.8 Å². The summed E-state index contributed by atoms with van der Waals surface area (Å²) < 4.78 is 29.1. The molecule has 3 N–H and O–H groups in total. The van der Waals surface area contributed by atoms with Gasteiger partial charge in [0, 0.05) is 31.7 Å². The fraction of sp³-hybridized carbons (Fsp3) is 0.353. The third kappa shape index (κ3) is 5.31. The quantitative estimate of drug-likeness (QED) is 0.650. The normalized spacial score (nSPS) is 13.9. The minimum Gasteiger partial charge on any atom is -0.370 e. The minimum atomic E-state index is -3.61. The van der Waals surface area contributed by atoms with E-state index in [1.165, 1.54) is 5.56 Å². The number of anilines is 1. The fourth-order valence-electron chi connectivity index (χ4n) is 2.70. The zero-order valence-electron chi connectivity index (χ0n) is 14.1. The van der Waals surface area contributed by atoms with E-state index in [1.807, 2.05) is 6.07 Å². The molecule has 0 saturated heterocycles. The largest absolute Gasteiger partial charge is 0.370 e. The first kappa shape index (κ1) is 19.4. The second-order valence-corrected chi connectivity index (χ2v) is 8.46. The molecular weight excluding hydrogens is 395 g/mol. The summed E-state index contributed by atoms with van der Waals surface area (Å²) >= 11 is 11.8. The highest BCUT2D eigenvalue weighted by molar-refractivity contribution is 7.87. The zero-order valence-corrected chi connectivity index (χ0v) is 16.4. The molecule has 0 spiro atoms. The van der Waals surface area contributed by atoms with Crippen molar-refractivity contribution in [3.05, 3.63) is 57.2 Å². The van der Waals surface area contributed by atoms with E-state index in [1.54, 1.807) is 18.2 Å². The monoisotopic (exact) mass is 414 g/mol. The van der Waals surface area contributed by atoms with Crippen molar-refractivity contribution in [1.29, 1.82) is 0 Å². The van der Waals surface area contributed by atoms with Gasteiger partial charge in [-0.15, -0.1) is 0 Å². The predicted octanol–water partition coefficient (Wildman–Crippen LogP) is 2.91. The van der Waals surface area contributed by atoms with Gasteiger partial charge in [-0.1, -0.05) is 35.3 Å². The Morgan fingerprint density at radius 2 is 1.96 bits per heavy atom. The van der Waals surface area contributed by atoms with Gasteiger partial charge in [0.1, 0.15) is 5.82 Å². The molecule has 1 aliphatic rings. The Balaban J connectivity index is 1.49. The molecule has 0 atom stereocenters. The third-order valence-electron chi connectivity index (χ3n) is 4.08. The number of benzene rings is 1. The lowest BCUT2D eigenvalue weighted by molar-refractivity contribution is 0.566. The number of pyridine rings is 1. The van der Waals surface area contributed by atoms with Gasteiger partial charge in [0.15, 0.2) is 0 Å². The van der Waals surface area contributed by atoms with E-state index in [9.17, 15) is 8.42 Å². The van der Waals surface area contributed by atoms with Crippen LogP contribution < -0.4 is 14.8 Å². The zero-order chi connectivity index (χ0) is 18.6. The lowest BCUT2D eigenvalue weighted by atomic mass is 10.1. The third-order valence-corrected chi connectivity index (χ3v) is 5.92. The Kier molecular flexibility index (Phi) is 6.37. The first-order valence-electron chi connectivity index (χ1n) is 8.34. The summed E-state index contributed by atoms with van der Waals surface area (Å²) in [6.07, 6.45) is 2.65. The number of nitrogens with one attached hydrogen (secondary N) is 3. The number of fused-ring (bicyclic) bond motifs is 1. The molecule has 0 bridgehead atoms. The van der Waals surface area contributed by atoms with Crippen molar-refractivity contribution in [1.82, 2.24) is 14.4 Å². The molecule has 2 aromatic rings. The molecule has 0 aliphatic carbocycles. The number of aromatic nitrogens is 1. The van der Waals surface area contributed by atoms with Gasteiger partial charge in [0.2, 0.25) is 0 Å². The van der Waals surface area contributed by atoms with Crippen molar-refractivity contribution < 1.29 is 8.42 Å². The molecule has 26 heavy (non-hydrogen) atoms. The minimum absolute atomic E-state index is 0.132. The van der Waals surface area contributed by atoms with Crippen LogP contribution in [0, 0.1) is 0 Å². The van der Waals surface area contributed by atoms with Crippen LogP contribution in [-0.4, -0.2) is 26.5 Å². The number of rotatable bonds is 7. The van der Waals surface area contributed by atoms with Crippen LogP contribution >= 0.6 is 23.2 Å². The Morgan fingerprint density at radius 3 is 2.77 bits per heavy atom. The summed E-state index contributed by atoms with van der Waals surface area (Å²) in [7, 11) is -3.61. The van der Waals surface area contributed by atoms with Crippen LogP contribution in [0.3, 0.4) is 0 Å². The maximum absolute atomic E-state index is 12.1. The van der Waals surface area contributed by atoms with Crippen molar-refractivity contribution in [2.75, 3.05) is 18.4 Å². The van der Waals surface area contributed by atoms with Crippen molar-refractivity contribution in [2.24, 2.45) is 0 Å². The Labute approximate surface area is 163 Å². The van der Waals surface area contributed by atoms with Gasteiger partial charge < -0.3 is 5.32 Å². The van der Waals surface area contributed by atoms with Crippen LogP contribution in [0.4, 0.5) is 5.82 Å². The van der Waals surface area contributed by atoms with E-state index in [-0.39, 0.29) is 13.1 Å². The van der Waals surface area contributed by atoms with Gasteiger partial charge in [-0.25, -0.2) is 9.71 Å². The molecule has 6 nitrogen and oxygen atoms in total. The van der Waals surface area contributed by atoms with Crippen LogP contribution in [0.25, 0.3) is 0 Å². The summed E-state index contributed by atoms with van der Waals surface area (Å²) in [6.45, 7) is 1.32. The first-order valence-corrected chi connectivity index (χ1v) is 10.6. The molecule has 0 radical (unpaired) electrons. The van der Waals surface area contributed by atoms with E-state index in [4.69, 9.17) is 23.2 Å². The van der Waals surface area contributed by atoms with Gasteiger partial charge in [-0.3, -0.25) is 0 Å². The van der Waals surface area contributed by atoms with Crippen molar-refractivity contribution >= 4 is 39.2 Å². The molecule has 1 aliphatic heterocycles. The summed E-state index contributed by atoms with van der Waals surface area (Å²) in [5.74, 6) is 0.911. The van der Waals surface area contributed by atoms with Crippen molar-refractivity contribution in [3.8, 4) is 0 Å². The maximum atomic E-state index is 12.1. The standard InChI is InChI=1S/C17H20Cl2N4O2S/c18-15-6-3-12(10-16(15)19)11-22-26(24,25)21-9-7-14-5-4-13-2-1-8-20-17(13)23-14/h3-6,10,21-22H,1-2,7-9,11H2,(H,20,23). The molecule has 0 amide bonds. The smallest absolute Gasteiger partial charge is 0.277 e. The molecule has 0 saturated carbocycles. The molecule has 3 rings (SSSR count). The summed E-state index contributed by atoms with van der Waals surface area (Å²) in [5.41, 5.74) is 2.79. The molecular formula is C17H20Cl2N4O2S. The summed E-state index contributed by atoms with van der Waals surface area (Å²) in [4.78, 5) is 4.55. The fourth-order valence-corrected chi connectivity index (χ4v) is 3.85. The van der Waals surface area contributed by atoms with Crippen LogP contribution in [0.2, 0.25) is 10.0 Å². The second-order valence-electron chi connectivity index (χ2n) is 6.06. The Hall–Kier alpha value is -1.38. The average molecular weight is 415 g/mol. The topological polar surface area (TPSA) is 83.1 Å². The molecule has 1 aromatic carbocycles. The Bertz CT molecular complexity index is 890. The van der Waals surface area contributed by atoms with Gasteiger partial charge in [0.25, 0.3) is 10.2 Å². The number of nitrogens with zero attached hydrogens (tertiary/aromatic N) is 1. The van der Waals surface area contributed by atoms with Crippen LogP contribution in [-0.2, 0) is 29.6 Å². The Morgan fingerprint density at radius 1 is 1.12 bits per heavy atom. The van der Waals surface area contributed by atoms with Crippen LogP contribution in [0.1, 0.15) is 23.2 Å². The number of aryl methyl sites for hydroxylation is 1. The lowest BCUT2D eigenvalue weighted by Gasteiger charge is -2.17. The molecule has 1 aromatic heterocycles. The predicted molar refractivity (Wildman–Crippen MR) is 105 cm³/mol. The molecule has 2 heterocycles. The van der Waals surface area contributed by atoms with Gasteiger partial charge >= 0.3 is 0 Å². The average Bonchev–Trinajstić information content (AvgIpc) is 2.62. The number of hydrogen-bond donors (Lipinski definition) is 3. The van der Waals surface area contributed by atoms with Gasteiger partial charge in [-0.05, 0) is 42.2 Å². The van der Waals surface area contributed by atoms with Crippen LogP contribution in [0.15, 0.2) is 30.3 Å². The van der Waals surface area contributed by atoms with E-state index in [2.05, 4.69) is 25.8 Å². The first-order chi connectivity index (χ1) is 12.4. The highest BCUT2D eigenvalue weighted by Crippen LogP contribution is 2.22. The number of hydrogen-bond acceptors (Lipinski definition) is 4. The van der Waals surface area contributed by atoms with Gasteiger partial charge in [-0.2, -0.15) is 13.1 Å². The lowest BCUT2D eigenvalue weighted by Crippen LogP contribution is -2.37.